The molecule has 0 amide bonds. The zero-order chi connectivity index (χ0) is 12.8. The molecule has 0 aliphatic carbocycles. The second kappa shape index (κ2) is 6.59. The Morgan fingerprint density at radius 1 is 1.35 bits per heavy atom. The molecule has 3 unspecified atom stereocenters. The third kappa shape index (κ3) is 4.00. The normalized spacial score (nSPS) is 16.3. The average Bonchev–Trinajstić information content (AvgIpc) is 2.35. The van der Waals surface area contributed by atoms with E-state index in [1.807, 2.05) is 31.2 Å². The Labute approximate surface area is 102 Å². The van der Waals surface area contributed by atoms with Crippen LogP contribution in [0.5, 0.6) is 5.75 Å². The number of ether oxygens (including phenoxy) is 2. The maximum Gasteiger partial charge on any atom is 0.119 e. The Morgan fingerprint density at radius 3 is 2.59 bits per heavy atom. The maximum absolute atomic E-state index is 9.42. The molecule has 3 N–H and O–H groups in total. The summed E-state index contributed by atoms with van der Waals surface area (Å²) in [7, 11) is 1.62. The Hall–Kier alpha value is -1.10. The number of hydrogen-bond donors (Lipinski definition) is 2. The van der Waals surface area contributed by atoms with Crippen molar-refractivity contribution in [2.45, 2.75) is 32.2 Å². The lowest BCUT2D eigenvalue weighted by atomic mass is 10.1. The highest BCUT2D eigenvalue weighted by Gasteiger charge is 2.17. The molecule has 4 heteroatoms. The van der Waals surface area contributed by atoms with Crippen LogP contribution in [0.2, 0.25) is 0 Å². The van der Waals surface area contributed by atoms with Crippen LogP contribution in [0.1, 0.15) is 25.5 Å². The molecule has 0 bridgehead atoms. The quantitative estimate of drug-likeness (QED) is 0.789. The second-order valence-corrected chi connectivity index (χ2v) is 4.08. The van der Waals surface area contributed by atoms with E-state index >= 15 is 0 Å². The van der Waals surface area contributed by atoms with Crippen LogP contribution in [0.15, 0.2) is 24.3 Å². The SMILES string of the molecule is COc1cccc(C(CN)OC(C)C(C)O)c1. The molecule has 0 aliphatic rings. The summed E-state index contributed by atoms with van der Waals surface area (Å²) >= 11 is 0. The summed E-state index contributed by atoms with van der Waals surface area (Å²) in [5.74, 6) is 0.772. The van der Waals surface area contributed by atoms with E-state index in [-0.39, 0.29) is 12.2 Å². The first-order valence-electron chi connectivity index (χ1n) is 5.76. The van der Waals surface area contributed by atoms with E-state index in [1.54, 1.807) is 14.0 Å². The fourth-order valence-electron chi connectivity index (χ4n) is 1.48. The second-order valence-electron chi connectivity index (χ2n) is 4.08. The standard InChI is InChI=1S/C13H21NO3/c1-9(15)10(2)17-13(8-14)11-5-4-6-12(7-11)16-3/h4-7,9-10,13,15H,8,14H2,1-3H3. The van der Waals surface area contributed by atoms with Crippen LogP contribution in [0, 0.1) is 0 Å². The predicted molar refractivity (Wildman–Crippen MR) is 67.0 cm³/mol. The molecule has 4 nitrogen and oxygen atoms in total. The van der Waals surface area contributed by atoms with E-state index in [0.717, 1.165) is 11.3 Å². The molecular formula is C13H21NO3. The lowest BCUT2D eigenvalue weighted by Gasteiger charge is -2.23. The third-order valence-electron chi connectivity index (χ3n) is 2.74. The van der Waals surface area contributed by atoms with Gasteiger partial charge in [0.15, 0.2) is 0 Å². The van der Waals surface area contributed by atoms with Gasteiger partial charge in [0.2, 0.25) is 0 Å². The van der Waals surface area contributed by atoms with E-state index in [9.17, 15) is 5.11 Å². The van der Waals surface area contributed by atoms with Crippen LogP contribution in [-0.4, -0.2) is 31.0 Å². The molecule has 0 saturated carbocycles. The van der Waals surface area contributed by atoms with Gasteiger partial charge < -0.3 is 20.3 Å². The molecule has 0 aliphatic heterocycles. The molecular weight excluding hydrogens is 218 g/mol. The lowest BCUT2D eigenvalue weighted by Crippen LogP contribution is -2.28. The van der Waals surface area contributed by atoms with Crippen molar-refractivity contribution in [1.29, 1.82) is 0 Å². The van der Waals surface area contributed by atoms with E-state index in [2.05, 4.69) is 0 Å². The lowest BCUT2D eigenvalue weighted by molar-refractivity contribution is -0.0592. The van der Waals surface area contributed by atoms with E-state index < -0.39 is 6.10 Å². The number of rotatable bonds is 6. The molecule has 0 radical (unpaired) electrons. The van der Waals surface area contributed by atoms with Gasteiger partial charge in [0.05, 0.1) is 25.4 Å². The number of methoxy groups -OCH3 is 1. The predicted octanol–water partition coefficient (Wildman–Crippen LogP) is 1.48. The molecule has 0 heterocycles. The van der Waals surface area contributed by atoms with Gasteiger partial charge in [0.25, 0.3) is 0 Å². The van der Waals surface area contributed by atoms with Crippen molar-refractivity contribution in [1.82, 2.24) is 0 Å². The van der Waals surface area contributed by atoms with Crippen LogP contribution < -0.4 is 10.5 Å². The van der Waals surface area contributed by atoms with Gasteiger partial charge in [-0.1, -0.05) is 12.1 Å². The highest BCUT2D eigenvalue weighted by molar-refractivity contribution is 5.30. The zero-order valence-corrected chi connectivity index (χ0v) is 10.6. The summed E-state index contributed by atoms with van der Waals surface area (Å²) < 4.78 is 10.9. The Balaban J connectivity index is 2.78. The molecule has 96 valence electrons. The van der Waals surface area contributed by atoms with Gasteiger partial charge in [-0.2, -0.15) is 0 Å². The van der Waals surface area contributed by atoms with Crippen molar-refractivity contribution in [3.8, 4) is 5.75 Å². The summed E-state index contributed by atoms with van der Waals surface area (Å²) in [5.41, 5.74) is 6.66. The van der Waals surface area contributed by atoms with Crippen molar-refractivity contribution >= 4 is 0 Å². The van der Waals surface area contributed by atoms with Gasteiger partial charge >= 0.3 is 0 Å². The van der Waals surface area contributed by atoms with Crippen molar-refractivity contribution in [3.05, 3.63) is 29.8 Å². The van der Waals surface area contributed by atoms with Crippen LogP contribution in [0.3, 0.4) is 0 Å². The minimum atomic E-state index is -0.519. The fourth-order valence-corrected chi connectivity index (χ4v) is 1.48. The molecule has 0 saturated heterocycles. The van der Waals surface area contributed by atoms with Gasteiger partial charge in [0, 0.05) is 6.54 Å². The number of hydrogen-bond acceptors (Lipinski definition) is 4. The fraction of sp³-hybridized carbons (Fsp3) is 0.538. The number of aliphatic hydroxyl groups excluding tert-OH is 1. The van der Waals surface area contributed by atoms with Crippen LogP contribution in [0.25, 0.3) is 0 Å². The molecule has 1 aromatic carbocycles. The minimum Gasteiger partial charge on any atom is -0.497 e. The molecule has 0 spiro atoms. The largest absolute Gasteiger partial charge is 0.497 e. The highest BCUT2D eigenvalue weighted by atomic mass is 16.5. The van der Waals surface area contributed by atoms with Gasteiger partial charge in [-0.05, 0) is 31.5 Å². The highest BCUT2D eigenvalue weighted by Crippen LogP contribution is 2.23. The van der Waals surface area contributed by atoms with Crippen molar-refractivity contribution < 1.29 is 14.6 Å². The number of aliphatic hydroxyl groups is 1. The van der Waals surface area contributed by atoms with Gasteiger partial charge in [0.1, 0.15) is 5.75 Å². The van der Waals surface area contributed by atoms with Crippen molar-refractivity contribution in [2.75, 3.05) is 13.7 Å². The first-order valence-corrected chi connectivity index (χ1v) is 5.76. The summed E-state index contributed by atoms with van der Waals surface area (Å²) in [6, 6.07) is 7.60. The Morgan fingerprint density at radius 2 is 2.06 bits per heavy atom. The Bertz CT molecular complexity index is 341. The molecule has 0 fully saturated rings. The van der Waals surface area contributed by atoms with Crippen molar-refractivity contribution in [2.24, 2.45) is 5.73 Å². The van der Waals surface area contributed by atoms with E-state index in [1.165, 1.54) is 0 Å². The minimum absolute atomic E-state index is 0.227. The van der Waals surface area contributed by atoms with E-state index in [0.29, 0.717) is 6.54 Å². The molecule has 17 heavy (non-hydrogen) atoms. The van der Waals surface area contributed by atoms with Crippen LogP contribution in [0.4, 0.5) is 0 Å². The summed E-state index contributed by atoms with van der Waals surface area (Å²) in [6.45, 7) is 3.89. The molecule has 1 rings (SSSR count). The van der Waals surface area contributed by atoms with Crippen LogP contribution >= 0.6 is 0 Å². The van der Waals surface area contributed by atoms with Gasteiger partial charge in [-0.3, -0.25) is 0 Å². The summed E-state index contributed by atoms with van der Waals surface area (Å²) in [6.07, 6.45) is -1.00. The van der Waals surface area contributed by atoms with E-state index in [4.69, 9.17) is 15.2 Å². The number of benzene rings is 1. The first-order chi connectivity index (χ1) is 8.08. The smallest absolute Gasteiger partial charge is 0.119 e. The van der Waals surface area contributed by atoms with Gasteiger partial charge in [-0.15, -0.1) is 0 Å². The van der Waals surface area contributed by atoms with Crippen LogP contribution in [-0.2, 0) is 4.74 Å². The topological polar surface area (TPSA) is 64.7 Å². The molecule has 1 aromatic rings. The zero-order valence-electron chi connectivity index (χ0n) is 10.6. The number of nitrogens with two attached hydrogens (primary N) is 1. The first kappa shape index (κ1) is 14.0. The summed E-state index contributed by atoms with van der Waals surface area (Å²) in [5, 5.41) is 9.42. The van der Waals surface area contributed by atoms with Crippen molar-refractivity contribution in [3.63, 3.8) is 0 Å². The Kier molecular flexibility index (Phi) is 5.41. The monoisotopic (exact) mass is 239 g/mol. The summed E-state index contributed by atoms with van der Waals surface area (Å²) in [4.78, 5) is 0. The average molecular weight is 239 g/mol. The van der Waals surface area contributed by atoms with Gasteiger partial charge in [-0.25, -0.2) is 0 Å². The maximum atomic E-state index is 9.42. The molecule has 0 aromatic heterocycles. The third-order valence-corrected chi connectivity index (χ3v) is 2.74. The molecule has 3 atom stereocenters.